The molecule has 1 aromatic rings. The van der Waals surface area contributed by atoms with Crippen LogP contribution in [-0.2, 0) is 13.1 Å². The van der Waals surface area contributed by atoms with Gasteiger partial charge in [0.1, 0.15) is 0 Å². The maximum absolute atomic E-state index is 3.38. The lowest BCUT2D eigenvalue weighted by Crippen LogP contribution is -2.29. The molecule has 0 radical (unpaired) electrons. The van der Waals surface area contributed by atoms with Crippen LogP contribution in [0.15, 0.2) is 24.3 Å². The van der Waals surface area contributed by atoms with Crippen molar-refractivity contribution >= 4 is 0 Å². The Labute approximate surface area is 111 Å². The summed E-state index contributed by atoms with van der Waals surface area (Å²) >= 11 is 0. The van der Waals surface area contributed by atoms with Crippen LogP contribution in [0.5, 0.6) is 0 Å². The molecule has 1 N–H and O–H groups in total. The molecule has 1 aromatic carbocycles. The van der Waals surface area contributed by atoms with Gasteiger partial charge in [-0.05, 0) is 43.5 Å². The topological polar surface area (TPSA) is 15.3 Å². The van der Waals surface area contributed by atoms with Crippen LogP contribution in [0.1, 0.15) is 37.3 Å². The zero-order chi connectivity index (χ0) is 12.8. The van der Waals surface area contributed by atoms with E-state index in [0.717, 1.165) is 25.6 Å². The van der Waals surface area contributed by atoms with Crippen molar-refractivity contribution in [3.05, 3.63) is 35.4 Å². The Balaban J connectivity index is 1.83. The Morgan fingerprint density at radius 3 is 2.72 bits per heavy atom. The van der Waals surface area contributed by atoms with Crippen LogP contribution in [0.3, 0.4) is 0 Å². The number of hydrogen-bond acceptors (Lipinski definition) is 2. The van der Waals surface area contributed by atoms with Gasteiger partial charge in [-0.2, -0.15) is 0 Å². The van der Waals surface area contributed by atoms with E-state index >= 15 is 0 Å². The Morgan fingerprint density at radius 2 is 2.06 bits per heavy atom. The van der Waals surface area contributed by atoms with Crippen LogP contribution in [0.4, 0.5) is 0 Å². The smallest absolute Gasteiger partial charge is 0.0230 e. The van der Waals surface area contributed by atoms with E-state index in [1.807, 2.05) is 0 Å². The standard InChI is InChI=1S/C16H26N2/c1-3-17-11-15-8-5-9-16(10-15)13-18(2)12-14-6-4-7-14/h5,8-10,14,17H,3-4,6-7,11-13H2,1-2H3. The lowest BCUT2D eigenvalue weighted by atomic mass is 9.85. The largest absolute Gasteiger partial charge is 0.313 e. The molecule has 0 aromatic heterocycles. The molecule has 0 atom stereocenters. The van der Waals surface area contributed by atoms with Gasteiger partial charge in [0.05, 0.1) is 0 Å². The predicted molar refractivity (Wildman–Crippen MR) is 77.5 cm³/mol. The first kappa shape index (κ1) is 13.6. The molecule has 0 aliphatic heterocycles. The highest BCUT2D eigenvalue weighted by atomic mass is 15.1. The van der Waals surface area contributed by atoms with Gasteiger partial charge in [-0.15, -0.1) is 0 Å². The Bertz CT molecular complexity index is 358. The van der Waals surface area contributed by atoms with Crippen LogP contribution in [0.25, 0.3) is 0 Å². The van der Waals surface area contributed by atoms with Gasteiger partial charge in [-0.3, -0.25) is 0 Å². The van der Waals surface area contributed by atoms with Crippen molar-refractivity contribution in [3.63, 3.8) is 0 Å². The average molecular weight is 246 g/mol. The van der Waals surface area contributed by atoms with Gasteiger partial charge in [-0.1, -0.05) is 37.6 Å². The van der Waals surface area contributed by atoms with E-state index in [9.17, 15) is 0 Å². The first-order valence-electron chi connectivity index (χ1n) is 7.25. The summed E-state index contributed by atoms with van der Waals surface area (Å²) in [5, 5.41) is 3.38. The van der Waals surface area contributed by atoms with E-state index < -0.39 is 0 Å². The van der Waals surface area contributed by atoms with E-state index in [0.29, 0.717) is 0 Å². The third-order valence-electron chi connectivity index (χ3n) is 3.82. The summed E-state index contributed by atoms with van der Waals surface area (Å²) < 4.78 is 0. The summed E-state index contributed by atoms with van der Waals surface area (Å²) in [6, 6.07) is 8.96. The lowest BCUT2D eigenvalue weighted by molar-refractivity contribution is 0.200. The average Bonchev–Trinajstić information content (AvgIpc) is 2.32. The number of hydrogen-bond donors (Lipinski definition) is 1. The number of nitrogens with one attached hydrogen (secondary N) is 1. The van der Waals surface area contributed by atoms with Crippen LogP contribution < -0.4 is 5.32 Å². The zero-order valence-electron chi connectivity index (χ0n) is 11.8. The van der Waals surface area contributed by atoms with Gasteiger partial charge in [0.2, 0.25) is 0 Å². The van der Waals surface area contributed by atoms with Gasteiger partial charge >= 0.3 is 0 Å². The second-order valence-corrected chi connectivity index (χ2v) is 5.59. The summed E-state index contributed by atoms with van der Waals surface area (Å²) in [6.45, 7) is 6.51. The number of rotatable bonds is 7. The molecule has 0 amide bonds. The Hall–Kier alpha value is -0.860. The SMILES string of the molecule is CCNCc1cccc(CN(C)CC2CCC2)c1. The maximum atomic E-state index is 3.38. The molecule has 1 fully saturated rings. The molecule has 0 unspecified atom stereocenters. The molecule has 0 heterocycles. The summed E-state index contributed by atoms with van der Waals surface area (Å²) in [7, 11) is 2.25. The highest BCUT2D eigenvalue weighted by molar-refractivity contribution is 5.23. The van der Waals surface area contributed by atoms with Gasteiger partial charge < -0.3 is 10.2 Å². The lowest BCUT2D eigenvalue weighted by Gasteiger charge is -2.30. The molecular weight excluding hydrogens is 220 g/mol. The molecule has 2 nitrogen and oxygen atoms in total. The molecular formula is C16H26N2. The summed E-state index contributed by atoms with van der Waals surface area (Å²) in [5.74, 6) is 0.958. The van der Waals surface area contributed by atoms with Gasteiger partial charge in [-0.25, -0.2) is 0 Å². The van der Waals surface area contributed by atoms with E-state index in [-0.39, 0.29) is 0 Å². The zero-order valence-corrected chi connectivity index (χ0v) is 11.8. The van der Waals surface area contributed by atoms with Crippen molar-refractivity contribution in [1.29, 1.82) is 0 Å². The van der Waals surface area contributed by atoms with Crippen molar-refractivity contribution in [1.82, 2.24) is 10.2 Å². The minimum atomic E-state index is 0.958. The molecule has 18 heavy (non-hydrogen) atoms. The predicted octanol–water partition coefficient (Wildman–Crippen LogP) is 3.03. The Morgan fingerprint density at radius 1 is 1.28 bits per heavy atom. The van der Waals surface area contributed by atoms with Crippen molar-refractivity contribution < 1.29 is 0 Å². The van der Waals surface area contributed by atoms with Gasteiger partial charge in [0.15, 0.2) is 0 Å². The highest BCUT2D eigenvalue weighted by Gasteiger charge is 2.18. The Kier molecular flexibility index (Phi) is 5.21. The number of nitrogens with zero attached hydrogens (tertiary/aromatic N) is 1. The fraction of sp³-hybridized carbons (Fsp3) is 0.625. The fourth-order valence-corrected chi connectivity index (χ4v) is 2.60. The quantitative estimate of drug-likeness (QED) is 0.795. The van der Waals surface area contributed by atoms with Gasteiger partial charge in [0.25, 0.3) is 0 Å². The molecule has 100 valence electrons. The van der Waals surface area contributed by atoms with E-state index in [1.54, 1.807) is 0 Å². The molecule has 1 aliphatic rings. The van der Waals surface area contributed by atoms with E-state index in [4.69, 9.17) is 0 Å². The van der Waals surface area contributed by atoms with Crippen molar-refractivity contribution in [2.45, 2.75) is 39.3 Å². The van der Waals surface area contributed by atoms with Crippen molar-refractivity contribution in [2.24, 2.45) is 5.92 Å². The highest BCUT2D eigenvalue weighted by Crippen LogP contribution is 2.27. The minimum absolute atomic E-state index is 0.958. The molecule has 1 saturated carbocycles. The molecule has 0 bridgehead atoms. The van der Waals surface area contributed by atoms with Crippen molar-refractivity contribution in [2.75, 3.05) is 20.1 Å². The fourth-order valence-electron chi connectivity index (χ4n) is 2.60. The van der Waals surface area contributed by atoms with Gasteiger partial charge in [0, 0.05) is 19.6 Å². The van der Waals surface area contributed by atoms with E-state index in [2.05, 4.69) is 48.5 Å². The first-order valence-corrected chi connectivity index (χ1v) is 7.25. The monoisotopic (exact) mass is 246 g/mol. The van der Waals surface area contributed by atoms with E-state index in [1.165, 1.54) is 36.9 Å². The number of benzene rings is 1. The normalized spacial score (nSPS) is 15.9. The summed E-state index contributed by atoms with van der Waals surface area (Å²) in [5.41, 5.74) is 2.83. The van der Waals surface area contributed by atoms with Crippen molar-refractivity contribution in [3.8, 4) is 0 Å². The first-order chi connectivity index (χ1) is 8.78. The third-order valence-corrected chi connectivity index (χ3v) is 3.82. The maximum Gasteiger partial charge on any atom is 0.0230 e. The summed E-state index contributed by atoms with van der Waals surface area (Å²) in [6.07, 6.45) is 4.31. The second kappa shape index (κ2) is 6.91. The van der Waals surface area contributed by atoms with Crippen LogP contribution in [-0.4, -0.2) is 25.0 Å². The molecule has 0 spiro atoms. The van der Waals surface area contributed by atoms with Crippen LogP contribution >= 0.6 is 0 Å². The minimum Gasteiger partial charge on any atom is -0.313 e. The van der Waals surface area contributed by atoms with Crippen LogP contribution in [0.2, 0.25) is 0 Å². The molecule has 2 rings (SSSR count). The van der Waals surface area contributed by atoms with Crippen LogP contribution in [0, 0.1) is 5.92 Å². The summed E-state index contributed by atoms with van der Waals surface area (Å²) in [4.78, 5) is 2.47. The second-order valence-electron chi connectivity index (χ2n) is 5.59. The molecule has 2 heteroatoms. The molecule has 0 saturated heterocycles. The third kappa shape index (κ3) is 4.11. The molecule has 1 aliphatic carbocycles.